The largest absolute Gasteiger partial charge is 0.439 e. The van der Waals surface area contributed by atoms with E-state index in [1.807, 2.05) is 48.7 Å². The van der Waals surface area contributed by atoms with E-state index in [4.69, 9.17) is 16.3 Å². The first-order valence-electron chi connectivity index (χ1n) is 5.15. The number of rotatable bonds is 4. The molecule has 0 saturated heterocycles. The molecular formula is C13H12ClNOS. The lowest BCUT2D eigenvalue weighted by atomic mass is 10.3. The Morgan fingerprint density at radius 3 is 2.59 bits per heavy atom. The van der Waals surface area contributed by atoms with Gasteiger partial charge in [-0.2, -0.15) is 0 Å². The predicted octanol–water partition coefficient (Wildman–Crippen LogP) is 4.33. The number of hydrogen-bond donors (Lipinski definition) is 0. The second kappa shape index (κ2) is 5.94. The van der Waals surface area contributed by atoms with Crippen molar-refractivity contribution in [3.8, 4) is 11.6 Å². The summed E-state index contributed by atoms with van der Waals surface area (Å²) in [6.07, 6.45) is 2.04. The Morgan fingerprint density at radius 2 is 1.94 bits per heavy atom. The Bertz CT molecular complexity index is 487. The van der Waals surface area contributed by atoms with Gasteiger partial charge in [-0.25, -0.2) is 4.98 Å². The molecule has 2 nitrogen and oxygen atoms in total. The maximum Gasteiger partial charge on any atom is 0.219 e. The van der Waals surface area contributed by atoms with Crippen molar-refractivity contribution in [2.45, 2.75) is 10.8 Å². The van der Waals surface area contributed by atoms with Crippen LogP contribution in [0.4, 0.5) is 0 Å². The van der Waals surface area contributed by atoms with E-state index >= 15 is 0 Å². The van der Waals surface area contributed by atoms with E-state index in [-0.39, 0.29) is 0 Å². The average molecular weight is 266 g/mol. The van der Waals surface area contributed by atoms with Gasteiger partial charge in [-0.15, -0.1) is 23.4 Å². The van der Waals surface area contributed by atoms with Gasteiger partial charge in [-0.1, -0.05) is 6.07 Å². The van der Waals surface area contributed by atoms with Crippen LogP contribution >= 0.6 is 23.4 Å². The summed E-state index contributed by atoms with van der Waals surface area (Å²) >= 11 is 7.42. The van der Waals surface area contributed by atoms with E-state index in [9.17, 15) is 0 Å². The fourth-order valence-electron chi connectivity index (χ4n) is 1.35. The van der Waals surface area contributed by atoms with Gasteiger partial charge in [0.05, 0.1) is 11.6 Å². The van der Waals surface area contributed by atoms with E-state index < -0.39 is 0 Å². The molecule has 0 amide bonds. The molecule has 0 radical (unpaired) electrons. The number of aromatic nitrogens is 1. The minimum absolute atomic E-state index is 0.391. The number of alkyl halides is 1. The smallest absolute Gasteiger partial charge is 0.219 e. The molecule has 0 unspecified atom stereocenters. The highest BCUT2D eigenvalue weighted by Gasteiger charge is 2.00. The molecule has 0 N–H and O–H groups in total. The zero-order valence-corrected chi connectivity index (χ0v) is 11.0. The molecule has 0 saturated carbocycles. The van der Waals surface area contributed by atoms with Crippen LogP contribution in [-0.2, 0) is 5.88 Å². The molecular weight excluding hydrogens is 254 g/mol. The normalized spacial score (nSPS) is 10.2. The molecule has 0 aliphatic rings. The van der Waals surface area contributed by atoms with E-state index in [1.165, 1.54) is 4.90 Å². The van der Waals surface area contributed by atoms with E-state index in [0.29, 0.717) is 11.8 Å². The van der Waals surface area contributed by atoms with Gasteiger partial charge in [0.2, 0.25) is 5.88 Å². The number of halogens is 1. The summed E-state index contributed by atoms with van der Waals surface area (Å²) < 4.78 is 5.64. The summed E-state index contributed by atoms with van der Waals surface area (Å²) in [5.74, 6) is 1.74. The van der Waals surface area contributed by atoms with Crippen molar-refractivity contribution in [1.82, 2.24) is 4.98 Å². The van der Waals surface area contributed by atoms with Crippen LogP contribution in [0.2, 0.25) is 0 Å². The first-order valence-corrected chi connectivity index (χ1v) is 6.91. The van der Waals surface area contributed by atoms with Crippen molar-refractivity contribution in [3.05, 3.63) is 48.2 Å². The molecule has 4 heteroatoms. The minimum Gasteiger partial charge on any atom is -0.439 e. The Labute approximate surface area is 110 Å². The number of ether oxygens (including phenoxy) is 1. The minimum atomic E-state index is 0.391. The van der Waals surface area contributed by atoms with Crippen LogP contribution in [0, 0.1) is 0 Å². The lowest BCUT2D eigenvalue weighted by Crippen LogP contribution is -1.90. The van der Waals surface area contributed by atoms with Gasteiger partial charge in [-0.3, -0.25) is 0 Å². The number of thioether (sulfide) groups is 1. The molecule has 1 heterocycles. The van der Waals surface area contributed by atoms with Crippen LogP contribution in [-0.4, -0.2) is 11.2 Å². The van der Waals surface area contributed by atoms with Crippen molar-refractivity contribution in [3.63, 3.8) is 0 Å². The van der Waals surface area contributed by atoms with Crippen LogP contribution in [0.25, 0.3) is 0 Å². The molecule has 88 valence electrons. The van der Waals surface area contributed by atoms with E-state index in [1.54, 1.807) is 11.8 Å². The first-order chi connectivity index (χ1) is 8.31. The van der Waals surface area contributed by atoms with E-state index in [2.05, 4.69) is 4.98 Å². The summed E-state index contributed by atoms with van der Waals surface area (Å²) in [6, 6.07) is 13.5. The molecule has 0 aliphatic heterocycles. The summed E-state index contributed by atoms with van der Waals surface area (Å²) in [5.41, 5.74) is 0.810. The van der Waals surface area contributed by atoms with Crippen LogP contribution in [0.1, 0.15) is 5.69 Å². The summed E-state index contributed by atoms with van der Waals surface area (Å²) in [7, 11) is 0. The number of benzene rings is 1. The van der Waals surface area contributed by atoms with Gasteiger partial charge in [0, 0.05) is 11.0 Å². The van der Waals surface area contributed by atoms with Crippen LogP contribution < -0.4 is 4.74 Å². The third kappa shape index (κ3) is 3.38. The van der Waals surface area contributed by atoms with Crippen molar-refractivity contribution >= 4 is 23.4 Å². The lowest BCUT2D eigenvalue weighted by molar-refractivity contribution is 0.461. The highest BCUT2D eigenvalue weighted by Crippen LogP contribution is 2.23. The molecule has 1 aromatic carbocycles. The molecule has 0 bridgehead atoms. The van der Waals surface area contributed by atoms with Gasteiger partial charge in [0.15, 0.2) is 0 Å². The molecule has 0 fully saturated rings. The number of hydrogen-bond acceptors (Lipinski definition) is 3. The molecule has 0 atom stereocenters. The second-order valence-electron chi connectivity index (χ2n) is 3.38. The van der Waals surface area contributed by atoms with Crippen molar-refractivity contribution < 1.29 is 4.74 Å². The Balaban J connectivity index is 2.13. The third-order valence-corrected chi connectivity index (χ3v) is 3.22. The maximum absolute atomic E-state index is 5.72. The van der Waals surface area contributed by atoms with E-state index in [0.717, 1.165) is 11.4 Å². The van der Waals surface area contributed by atoms with Gasteiger partial charge < -0.3 is 4.74 Å². The molecule has 0 aliphatic carbocycles. The van der Waals surface area contributed by atoms with Gasteiger partial charge in [0.1, 0.15) is 5.75 Å². The van der Waals surface area contributed by atoms with Gasteiger partial charge in [0.25, 0.3) is 0 Å². The van der Waals surface area contributed by atoms with Crippen molar-refractivity contribution in [1.29, 1.82) is 0 Å². The zero-order chi connectivity index (χ0) is 12.1. The van der Waals surface area contributed by atoms with Crippen molar-refractivity contribution in [2.75, 3.05) is 6.26 Å². The summed E-state index contributed by atoms with van der Waals surface area (Å²) in [5, 5.41) is 0. The fourth-order valence-corrected chi connectivity index (χ4v) is 1.91. The molecule has 1 aromatic heterocycles. The highest BCUT2D eigenvalue weighted by molar-refractivity contribution is 7.98. The second-order valence-corrected chi connectivity index (χ2v) is 4.53. The quantitative estimate of drug-likeness (QED) is 0.607. The summed E-state index contributed by atoms with van der Waals surface area (Å²) in [6.45, 7) is 0. The molecule has 2 aromatic rings. The Morgan fingerprint density at radius 1 is 1.18 bits per heavy atom. The van der Waals surface area contributed by atoms with Gasteiger partial charge in [-0.05, 0) is 36.6 Å². The third-order valence-electron chi connectivity index (χ3n) is 2.20. The fraction of sp³-hybridized carbons (Fsp3) is 0.154. The average Bonchev–Trinajstić information content (AvgIpc) is 2.40. The number of pyridine rings is 1. The summed E-state index contributed by atoms with van der Waals surface area (Å²) in [4.78, 5) is 5.48. The highest BCUT2D eigenvalue weighted by atomic mass is 35.5. The Kier molecular flexibility index (Phi) is 4.29. The molecule has 0 spiro atoms. The predicted molar refractivity (Wildman–Crippen MR) is 72.1 cm³/mol. The first kappa shape index (κ1) is 12.3. The lowest BCUT2D eigenvalue weighted by Gasteiger charge is -2.06. The van der Waals surface area contributed by atoms with Crippen LogP contribution in [0.3, 0.4) is 0 Å². The maximum atomic E-state index is 5.72. The van der Waals surface area contributed by atoms with Gasteiger partial charge >= 0.3 is 0 Å². The molecule has 2 rings (SSSR count). The van der Waals surface area contributed by atoms with Crippen LogP contribution in [0.5, 0.6) is 11.6 Å². The molecule has 17 heavy (non-hydrogen) atoms. The SMILES string of the molecule is CSc1ccc(Oc2cccc(CCl)n2)cc1. The monoisotopic (exact) mass is 265 g/mol. The van der Waals surface area contributed by atoms with Crippen molar-refractivity contribution in [2.24, 2.45) is 0 Å². The van der Waals surface area contributed by atoms with Crippen LogP contribution in [0.15, 0.2) is 47.4 Å². The zero-order valence-electron chi connectivity index (χ0n) is 9.39. The number of nitrogens with zero attached hydrogens (tertiary/aromatic N) is 1. The standard InChI is InChI=1S/C13H12ClNOS/c1-17-12-7-5-11(6-8-12)16-13-4-2-3-10(9-14)15-13/h2-8H,9H2,1H3. The topological polar surface area (TPSA) is 22.1 Å². The Hall–Kier alpha value is -1.19.